The zero-order valence-corrected chi connectivity index (χ0v) is 12.0. The average molecular weight is 255 g/mol. The van der Waals surface area contributed by atoms with E-state index in [0.29, 0.717) is 19.4 Å². The third-order valence-electron chi connectivity index (χ3n) is 4.38. The Hall–Kier alpha value is -0.570. The molecule has 1 saturated carbocycles. The monoisotopic (exact) mass is 255 g/mol. The lowest BCUT2D eigenvalue weighted by atomic mass is 9.90. The van der Waals surface area contributed by atoms with Gasteiger partial charge < -0.3 is 10.4 Å². The van der Waals surface area contributed by atoms with Crippen molar-refractivity contribution in [2.75, 3.05) is 6.54 Å². The molecule has 0 bridgehead atoms. The van der Waals surface area contributed by atoms with E-state index in [9.17, 15) is 9.90 Å². The highest BCUT2D eigenvalue weighted by molar-refractivity contribution is 5.78. The van der Waals surface area contributed by atoms with Crippen LogP contribution in [0.3, 0.4) is 0 Å². The van der Waals surface area contributed by atoms with Crippen molar-refractivity contribution in [3.8, 4) is 0 Å². The third kappa shape index (κ3) is 4.97. The van der Waals surface area contributed by atoms with E-state index in [2.05, 4.69) is 5.32 Å². The van der Waals surface area contributed by atoms with Crippen molar-refractivity contribution in [3.63, 3.8) is 0 Å². The van der Waals surface area contributed by atoms with Crippen LogP contribution in [0.5, 0.6) is 0 Å². The zero-order valence-electron chi connectivity index (χ0n) is 12.0. The maximum atomic E-state index is 12.1. The van der Waals surface area contributed by atoms with Crippen molar-refractivity contribution < 1.29 is 9.90 Å². The molecule has 106 valence electrons. The highest BCUT2D eigenvalue weighted by atomic mass is 16.3. The van der Waals surface area contributed by atoms with E-state index in [1.54, 1.807) is 0 Å². The molecule has 0 aliphatic heterocycles. The second-order valence-electron chi connectivity index (χ2n) is 5.69. The molecule has 0 aromatic heterocycles. The van der Waals surface area contributed by atoms with Crippen molar-refractivity contribution in [2.45, 2.75) is 77.2 Å². The van der Waals surface area contributed by atoms with E-state index in [0.717, 1.165) is 12.8 Å². The van der Waals surface area contributed by atoms with Gasteiger partial charge in [-0.1, -0.05) is 46.0 Å². The first-order chi connectivity index (χ1) is 8.61. The smallest absolute Gasteiger partial charge is 0.223 e. The largest absolute Gasteiger partial charge is 0.388 e. The van der Waals surface area contributed by atoms with Crippen molar-refractivity contribution in [1.29, 1.82) is 0 Å². The molecular formula is C15H29NO2. The number of hydrogen-bond donors (Lipinski definition) is 2. The quantitative estimate of drug-likeness (QED) is 0.793. The van der Waals surface area contributed by atoms with Crippen LogP contribution >= 0.6 is 0 Å². The first kappa shape index (κ1) is 15.5. The van der Waals surface area contributed by atoms with Crippen LogP contribution in [0.25, 0.3) is 0 Å². The van der Waals surface area contributed by atoms with Crippen molar-refractivity contribution in [2.24, 2.45) is 5.92 Å². The van der Waals surface area contributed by atoms with Gasteiger partial charge >= 0.3 is 0 Å². The summed E-state index contributed by atoms with van der Waals surface area (Å²) in [5.41, 5.74) is -0.725. The van der Waals surface area contributed by atoms with Gasteiger partial charge in [-0.3, -0.25) is 4.79 Å². The van der Waals surface area contributed by atoms with E-state index < -0.39 is 5.60 Å². The molecule has 0 heterocycles. The molecule has 0 unspecified atom stereocenters. The topological polar surface area (TPSA) is 49.3 Å². The molecule has 0 atom stereocenters. The van der Waals surface area contributed by atoms with Gasteiger partial charge in [0.15, 0.2) is 0 Å². The van der Waals surface area contributed by atoms with Gasteiger partial charge in [0, 0.05) is 12.5 Å². The third-order valence-corrected chi connectivity index (χ3v) is 4.38. The van der Waals surface area contributed by atoms with Gasteiger partial charge in [0.2, 0.25) is 5.91 Å². The van der Waals surface area contributed by atoms with Crippen LogP contribution in [0.4, 0.5) is 0 Å². The van der Waals surface area contributed by atoms with E-state index in [-0.39, 0.29) is 11.8 Å². The molecule has 0 spiro atoms. The highest BCUT2D eigenvalue weighted by Crippen LogP contribution is 2.22. The Morgan fingerprint density at radius 2 is 1.61 bits per heavy atom. The van der Waals surface area contributed by atoms with Crippen molar-refractivity contribution in [3.05, 3.63) is 0 Å². The van der Waals surface area contributed by atoms with Gasteiger partial charge in [-0.05, 0) is 25.7 Å². The fourth-order valence-corrected chi connectivity index (χ4v) is 2.61. The molecule has 0 aromatic rings. The zero-order chi connectivity index (χ0) is 13.4. The Bertz CT molecular complexity index is 241. The second-order valence-corrected chi connectivity index (χ2v) is 5.69. The molecule has 18 heavy (non-hydrogen) atoms. The molecule has 1 fully saturated rings. The Morgan fingerprint density at radius 3 is 2.11 bits per heavy atom. The summed E-state index contributed by atoms with van der Waals surface area (Å²) in [6, 6.07) is 0. The van der Waals surface area contributed by atoms with Crippen LogP contribution < -0.4 is 5.32 Å². The Labute approximate surface area is 111 Å². The predicted octanol–water partition coefficient (Wildman–Crippen LogP) is 3.01. The van der Waals surface area contributed by atoms with E-state index in [4.69, 9.17) is 0 Å². The van der Waals surface area contributed by atoms with Crippen LogP contribution in [-0.2, 0) is 4.79 Å². The summed E-state index contributed by atoms with van der Waals surface area (Å²) in [7, 11) is 0. The lowest BCUT2D eigenvalue weighted by Gasteiger charge is -2.27. The molecule has 1 rings (SSSR count). The van der Waals surface area contributed by atoms with Gasteiger partial charge in [-0.2, -0.15) is 0 Å². The van der Waals surface area contributed by atoms with E-state index in [1.165, 1.54) is 32.1 Å². The van der Waals surface area contributed by atoms with Crippen molar-refractivity contribution in [1.82, 2.24) is 5.32 Å². The first-order valence-electron chi connectivity index (χ1n) is 7.61. The number of rotatable bonds is 5. The molecule has 0 saturated heterocycles. The number of carbonyl (C=O) groups excluding carboxylic acids is 1. The molecular weight excluding hydrogens is 226 g/mol. The first-order valence-corrected chi connectivity index (χ1v) is 7.61. The number of nitrogens with one attached hydrogen (secondary N) is 1. The Morgan fingerprint density at radius 1 is 1.11 bits per heavy atom. The van der Waals surface area contributed by atoms with Gasteiger partial charge in [-0.15, -0.1) is 0 Å². The Balaban J connectivity index is 2.38. The van der Waals surface area contributed by atoms with Gasteiger partial charge in [0.05, 0.1) is 5.60 Å². The molecule has 0 aromatic carbocycles. The normalized spacial score (nSPS) is 19.1. The molecule has 3 heteroatoms. The van der Waals surface area contributed by atoms with Crippen molar-refractivity contribution >= 4 is 5.91 Å². The standard InChI is InChI=1S/C15H29NO2/c1-3-15(18,4-2)12-16-14(17)13-10-8-6-5-7-9-11-13/h13,18H,3-12H2,1-2H3,(H,16,17). The summed E-state index contributed by atoms with van der Waals surface area (Å²) in [5, 5.41) is 13.1. The SMILES string of the molecule is CCC(O)(CC)CNC(=O)C1CCCCCCC1. The lowest BCUT2D eigenvalue weighted by molar-refractivity contribution is -0.127. The summed E-state index contributed by atoms with van der Waals surface area (Å²) in [5.74, 6) is 0.320. The molecule has 1 aliphatic carbocycles. The number of amides is 1. The lowest BCUT2D eigenvalue weighted by Crippen LogP contribution is -2.44. The molecule has 3 nitrogen and oxygen atoms in total. The summed E-state index contributed by atoms with van der Waals surface area (Å²) < 4.78 is 0. The minimum Gasteiger partial charge on any atom is -0.388 e. The van der Waals surface area contributed by atoms with Gasteiger partial charge in [0.25, 0.3) is 0 Å². The summed E-state index contributed by atoms with van der Waals surface area (Å²) in [6.07, 6.45) is 9.59. The summed E-state index contributed by atoms with van der Waals surface area (Å²) >= 11 is 0. The number of hydrogen-bond acceptors (Lipinski definition) is 2. The maximum absolute atomic E-state index is 12.1. The molecule has 0 radical (unpaired) electrons. The Kier molecular flexibility index (Phi) is 6.69. The van der Waals surface area contributed by atoms with Gasteiger partial charge in [-0.25, -0.2) is 0 Å². The number of aliphatic hydroxyl groups is 1. The minimum atomic E-state index is -0.725. The van der Waals surface area contributed by atoms with E-state index >= 15 is 0 Å². The van der Waals surface area contributed by atoms with Crippen LogP contribution in [0, 0.1) is 5.92 Å². The predicted molar refractivity (Wildman–Crippen MR) is 74.4 cm³/mol. The summed E-state index contributed by atoms with van der Waals surface area (Å²) in [4.78, 5) is 12.1. The van der Waals surface area contributed by atoms with Crippen LogP contribution in [0.15, 0.2) is 0 Å². The fourth-order valence-electron chi connectivity index (χ4n) is 2.61. The second kappa shape index (κ2) is 7.78. The maximum Gasteiger partial charge on any atom is 0.223 e. The van der Waals surface area contributed by atoms with E-state index in [1.807, 2.05) is 13.8 Å². The fraction of sp³-hybridized carbons (Fsp3) is 0.933. The van der Waals surface area contributed by atoms with Gasteiger partial charge in [0.1, 0.15) is 0 Å². The molecule has 1 amide bonds. The highest BCUT2D eigenvalue weighted by Gasteiger charge is 2.25. The van der Waals surface area contributed by atoms with Crippen LogP contribution in [-0.4, -0.2) is 23.2 Å². The summed E-state index contributed by atoms with van der Waals surface area (Å²) in [6.45, 7) is 4.33. The minimum absolute atomic E-state index is 0.150. The molecule has 2 N–H and O–H groups in total. The van der Waals surface area contributed by atoms with Crippen LogP contribution in [0.1, 0.15) is 71.6 Å². The van der Waals surface area contributed by atoms with Crippen LogP contribution in [0.2, 0.25) is 0 Å². The number of carbonyl (C=O) groups is 1. The molecule has 1 aliphatic rings. The average Bonchev–Trinajstić information content (AvgIpc) is 2.35.